The van der Waals surface area contributed by atoms with Crippen LogP contribution in [0.1, 0.15) is 198 Å². The largest absolute Gasteiger partial charge is 0.790 e. The van der Waals surface area contributed by atoms with Crippen LogP contribution in [0.25, 0.3) is 0 Å². The molecule has 0 unspecified atom stereocenters. The summed E-state index contributed by atoms with van der Waals surface area (Å²) >= 11 is 0. The zero-order valence-electron chi connectivity index (χ0n) is 35.1. The van der Waals surface area contributed by atoms with Crippen molar-refractivity contribution in [1.29, 1.82) is 0 Å². The lowest BCUT2D eigenvalue weighted by Gasteiger charge is -2.30. The van der Waals surface area contributed by atoms with Crippen molar-refractivity contribution in [2.45, 2.75) is 204 Å². The quantitative estimate of drug-likeness (QED) is 0.0471. The maximum Gasteiger partial charge on any atom is 0.104 e. The van der Waals surface area contributed by atoms with Crippen molar-refractivity contribution in [2.75, 3.05) is 26.4 Å². The Morgan fingerprint density at radius 3 is 1.04 bits per heavy atom. The number of ether oxygens (including phenoxy) is 2. The molecule has 50 heavy (non-hydrogen) atoms. The Kier molecular flexibility index (Phi) is 31.4. The van der Waals surface area contributed by atoms with Gasteiger partial charge in [0.05, 0.1) is 21.0 Å². The van der Waals surface area contributed by atoms with Crippen molar-refractivity contribution in [3.05, 3.63) is 0 Å². The molecule has 0 aromatic rings. The van der Waals surface area contributed by atoms with Gasteiger partial charge in [0.25, 0.3) is 0 Å². The Balaban J connectivity index is 4.15. The molecule has 0 amide bonds. The molecule has 0 bridgehead atoms. The van der Waals surface area contributed by atoms with Gasteiger partial charge in [0, 0.05) is 13.2 Å². The highest BCUT2D eigenvalue weighted by Crippen LogP contribution is 2.26. The predicted octanol–water partition coefficient (Wildman–Crippen LogP) is 12.2. The molecule has 0 rings (SSSR count). The second-order valence-corrected chi connectivity index (χ2v) is 19.0. The molecular weight excluding hydrogens is 643 g/mol. The maximum absolute atomic E-state index is 11.1. The second-order valence-electron chi connectivity index (χ2n) is 17.9. The number of hydrogen-bond donors (Lipinski definition) is 0. The summed E-state index contributed by atoms with van der Waals surface area (Å²) in [6.45, 7) is 24.5. The topological polar surface area (TPSA) is 90.9 Å². The minimum atomic E-state index is -5.05. The molecular formula is C43H87O6P-2. The summed E-state index contributed by atoms with van der Waals surface area (Å²) in [7, 11) is -5.05. The third kappa shape index (κ3) is 35.1. The molecule has 0 spiro atoms. The number of phosphoric acid groups is 1. The average molecular weight is 731 g/mol. The minimum absolute atomic E-state index is 0.238. The van der Waals surface area contributed by atoms with Gasteiger partial charge in [0.1, 0.15) is 6.10 Å². The summed E-state index contributed by atoms with van der Waals surface area (Å²) in [6, 6.07) is 0. The molecule has 0 saturated heterocycles. The van der Waals surface area contributed by atoms with Gasteiger partial charge < -0.3 is 28.3 Å². The lowest BCUT2D eigenvalue weighted by molar-refractivity contribution is -0.343. The van der Waals surface area contributed by atoms with Crippen LogP contribution >= 0.6 is 7.82 Å². The van der Waals surface area contributed by atoms with E-state index in [1.165, 1.54) is 116 Å². The fraction of sp³-hybridized carbons (Fsp3) is 1.00. The zero-order valence-corrected chi connectivity index (χ0v) is 36.0. The van der Waals surface area contributed by atoms with Crippen molar-refractivity contribution in [1.82, 2.24) is 0 Å². The third-order valence-electron chi connectivity index (χ3n) is 11.0. The van der Waals surface area contributed by atoms with Crippen LogP contribution in [0.2, 0.25) is 0 Å². The van der Waals surface area contributed by atoms with E-state index in [0.717, 1.165) is 48.3 Å². The lowest BCUT2D eigenvalue weighted by atomic mass is 9.91. The second kappa shape index (κ2) is 31.4. The van der Waals surface area contributed by atoms with Crippen molar-refractivity contribution in [2.24, 2.45) is 47.3 Å². The smallest absolute Gasteiger partial charge is 0.104 e. The summed E-state index contributed by atoms with van der Waals surface area (Å²) < 4.78 is 27.6. The first-order valence-electron chi connectivity index (χ1n) is 21.4. The van der Waals surface area contributed by atoms with Crippen molar-refractivity contribution < 1.29 is 28.3 Å². The van der Waals surface area contributed by atoms with Crippen LogP contribution in [0, 0.1) is 47.3 Å². The van der Waals surface area contributed by atoms with E-state index in [2.05, 4.69) is 73.8 Å². The Hall–Kier alpha value is 0.0300. The predicted molar refractivity (Wildman–Crippen MR) is 211 cm³/mol. The maximum atomic E-state index is 11.1. The fourth-order valence-electron chi connectivity index (χ4n) is 7.13. The van der Waals surface area contributed by atoms with Crippen molar-refractivity contribution >= 4 is 7.82 Å². The van der Waals surface area contributed by atoms with Crippen LogP contribution in [0.15, 0.2) is 0 Å². The number of hydrogen-bond acceptors (Lipinski definition) is 6. The van der Waals surface area contributed by atoms with E-state index < -0.39 is 13.9 Å². The minimum Gasteiger partial charge on any atom is -0.790 e. The Bertz CT molecular complexity index is 785. The molecule has 0 aliphatic rings. The van der Waals surface area contributed by atoms with Crippen LogP contribution in [0.4, 0.5) is 0 Å². The highest BCUT2D eigenvalue weighted by Gasteiger charge is 2.14. The molecule has 0 N–H and O–H groups in total. The molecule has 0 saturated carbocycles. The standard InChI is InChI=1S/C43H89O6P/c1-35(2)17-11-19-37(5)21-13-23-39(7)25-15-27-41(9)29-31-47-33-43(34-49-50(44,45)46)48-32-30-42(10)28-16-26-40(8)24-14-22-38(6)20-12-18-36(3)4/h35-43H,11-34H2,1-10H3,(H2,44,45,46)/p-2/t37-,38-,39-,40-,41-,42-,43+/m1/s1. The molecule has 0 aromatic carbocycles. The summed E-state index contributed by atoms with van der Waals surface area (Å²) in [4.78, 5) is 22.2. The number of phosphoric ester groups is 1. The van der Waals surface area contributed by atoms with Crippen LogP contribution < -0.4 is 9.79 Å². The molecule has 0 aromatic heterocycles. The molecule has 0 aliphatic heterocycles. The first-order chi connectivity index (χ1) is 23.6. The van der Waals surface area contributed by atoms with Gasteiger partial charge in [-0.3, -0.25) is 0 Å². The van der Waals surface area contributed by atoms with Crippen molar-refractivity contribution in [3.63, 3.8) is 0 Å². The molecule has 6 nitrogen and oxygen atoms in total. The average Bonchev–Trinajstić information content (AvgIpc) is 3.00. The third-order valence-corrected chi connectivity index (χ3v) is 11.4. The van der Waals surface area contributed by atoms with E-state index in [1.54, 1.807) is 0 Å². The molecule has 7 heteroatoms. The monoisotopic (exact) mass is 731 g/mol. The van der Waals surface area contributed by atoms with Gasteiger partial charge in [-0.05, 0) is 60.2 Å². The summed E-state index contributed by atoms with van der Waals surface area (Å²) in [6.07, 6.45) is 25.0. The van der Waals surface area contributed by atoms with Gasteiger partial charge in [-0.15, -0.1) is 0 Å². The first kappa shape index (κ1) is 50.0. The van der Waals surface area contributed by atoms with Gasteiger partial charge in [0.2, 0.25) is 0 Å². The Morgan fingerprint density at radius 2 is 0.720 bits per heavy atom. The Labute approximate surface area is 313 Å². The zero-order chi connectivity index (χ0) is 37.8. The fourth-order valence-corrected chi connectivity index (χ4v) is 7.48. The normalized spacial score (nSPS) is 16.8. The molecule has 0 radical (unpaired) electrons. The highest BCUT2D eigenvalue weighted by atomic mass is 31.2. The molecule has 0 fully saturated rings. The van der Waals surface area contributed by atoms with E-state index >= 15 is 0 Å². The van der Waals surface area contributed by atoms with Crippen molar-refractivity contribution in [3.8, 4) is 0 Å². The van der Waals surface area contributed by atoms with Crippen LogP contribution in [-0.4, -0.2) is 32.5 Å². The highest BCUT2D eigenvalue weighted by molar-refractivity contribution is 7.43. The SMILES string of the molecule is CC(C)CCC[C@@H](C)CCC[C@@H](C)CCC[C@@H](C)CCOC[C@@H](COP(=O)([O-])[O-])OCC[C@H](C)CCC[C@H](C)CCC[C@H](C)CCCC(C)C. The van der Waals surface area contributed by atoms with Crippen LogP contribution in [0.3, 0.4) is 0 Å². The van der Waals surface area contributed by atoms with E-state index in [-0.39, 0.29) is 13.2 Å². The summed E-state index contributed by atoms with van der Waals surface area (Å²) in [5, 5.41) is 0. The molecule has 0 aliphatic carbocycles. The van der Waals surface area contributed by atoms with E-state index in [1.807, 2.05) is 0 Å². The molecule has 302 valence electrons. The molecule has 0 heterocycles. The van der Waals surface area contributed by atoms with E-state index in [4.69, 9.17) is 9.47 Å². The van der Waals surface area contributed by atoms with Gasteiger partial charge in [-0.25, -0.2) is 0 Å². The Morgan fingerprint density at radius 1 is 0.420 bits per heavy atom. The first-order valence-corrected chi connectivity index (χ1v) is 22.9. The lowest BCUT2D eigenvalue weighted by Crippen LogP contribution is -2.29. The van der Waals surface area contributed by atoms with Gasteiger partial charge in [-0.1, -0.05) is 185 Å². The number of rotatable bonds is 36. The summed E-state index contributed by atoms with van der Waals surface area (Å²) in [5.74, 6) is 6.01. The molecule has 7 atom stereocenters. The van der Waals surface area contributed by atoms with E-state index in [0.29, 0.717) is 25.0 Å². The van der Waals surface area contributed by atoms with Gasteiger partial charge in [-0.2, -0.15) is 0 Å². The van der Waals surface area contributed by atoms with Crippen LogP contribution in [-0.2, 0) is 18.6 Å². The summed E-state index contributed by atoms with van der Waals surface area (Å²) in [5.41, 5.74) is 0. The van der Waals surface area contributed by atoms with Gasteiger partial charge in [0.15, 0.2) is 0 Å². The van der Waals surface area contributed by atoms with Gasteiger partial charge >= 0.3 is 0 Å². The van der Waals surface area contributed by atoms with Crippen LogP contribution in [0.5, 0.6) is 0 Å². The van der Waals surface area contributed by atoms with E-state index in [9.17, 15) is 14.4 Å².